The van der Waals surface area contributed by atoms with Crippen LogP contribution in [0.15, 0.2) is 36.4 Å². The maximum atomic E-state index is 13.2. The Hall–Kier alpha value is -3.82. The van der Waals surface area contributed by atoms with Crippen molar-refractivity contribution in [3.8, 4) is 11.5 Å². The molecule has 2 aliphatic heterocycles. The molecule has 228 valence electrons. The fourth-order valence-corrected chi connectivity index (χ4v) is 5.23. The minimum Gasteiger partial charge on any atom is -0.480 e. The van der Waals surface area contributed by atoms with Crippen LogP contribution in [-0.4, -0.2) is 83.1 Å². The third kappa shape index (κ3) is 7.92. The summed E-state index contributed by atoms with van der Waals surface area (Å²) < 4.78 is 22.9. The zero-order valence-electron chi connectivity index (χ0n) is 25.4. The standard InChI is InChI=1S/C32H42N2O8/c1-31(2,3)41-29(37)23-13-9-15-33(23)27(35)19-39-25-17-21-11-7-8-12-22(21)18-26(25)40-20-28(36)34-16-10-14-24(34)30(38)42-32(4,5)6/h7-8,11-12,17-18,23-24H,9-10,13-16,19-20H2,1-6H3/t23-,24-/m1/s1. The van der Waals surface area contributed by atoms with Crippen LogP contribution in [0.1, 0.15) is 67.2 Å². The Labute approximate surface area is 247 Å². The van der Waals surface area contributed by atoms with E-state index in [0.717, 1.165) is 10.8 Å². The van der Waals surface area contributed by atoms with E-state index in [4.69, 9.17) is 18.9 Å². The Kier molecular flexibility index (Phi) is 9.33. The molecule has 0 N–H and O–H groups in total. The smallest absolute Gasteiger partial charge is 0.329 e. The molecule has 2 heterocycles. The number of carbonyl (C=O) groups excluding carboxylic acids is 4. The molecule has 0 spiro atoms. The number of rotatable bonds is 8. The molecule has 10 heteroatoms. The minimum absolute atomic E-state index is 0.299. The summed E-state index contributed by atoms with van der Waals surface area (Å²) in [5, 5.41) is 1.74. The van der Waals surface area contributed by atoms with Gasteiger partial charge in [0.05, 0.1) is 0 Å². The van der Waals surface area contributed by atoms with Gasteiger partial charge >= 0.3 is 11.9 Å². The monoisotopic (exact) mass is 582 g/mol. The summed E-state index contributed by atoms with van der Waals surface area (Å²) in [6.07, 6.45) is 2.47. The molecule has 10 nitrogen and oxygen atoms in total. The van der Waals surface area contributed by atoms with Crippen LogP contribution >= 0.6 is 0 Å². The lowest BCUT2D eigenvalue weighted by Gasteiger charge is -2.28. The molecule has 0 aromatic heterocycles. The van der Waals surface area contributed by atoms with E-state index >= 15 is 0 Å². The van der Waals surface area contributed by atoms with Crippen LogP contribution < -0.4 is 9.47 Å². The van der Waals surface area contributed by atoms with Crippen molar-refractivity contribution in [2.45, 2.75) is 90.5 Å². The lowest BCUT2D eigenvalue weighted by atomic mass is 10.1. The summed E-state index contributed by atoms with van der Waals surface area (Å²) in [4.78, 5) is 54.7. The fourth-order valence-electron chi connectivity index (χ4n) is 5.23. The highest BCUT2D eigenvalue weighted by molar-refractivity contribution is 5.89. The molecule has 4 rings (SSSR count). The first-order valence-electron chi connectivity index (χ1n) is 14.5. The van der Waals surface area contributed by atoms with Gasteiger partial charge in [-0.25, -0.2) is 9.59 Å². The third-order valence-corrected chi connectivity index (χ3v) is 7.02. The minimum atomic E-state index is -0.651. The number of fused-ring (bicyclic) bond motifs is 1. The third-order valence-electron chi connectivity index (χ3n) is 7.02. The number of amides is 2. The van der Waals surface area contributed by atoms with E-state index in [-0.39, 0.29) is 25.0 Å². The van der Waals surface area contributed by atoms with Crippen molar-refractivity contribution < 1.29 is 38.1 Å². The Morgan fingerprint density at radius 1 is 0.690 bits per heavy atom. The van der Waals surface area contributed by atoms with Crippen LogP contribution in [0.5, 0.6) is 11.5 Å². The van der Waals surface area contributed by atoms with E-state index in [1.165, 1.54) is 9.80 Å². The largest absolute Gasteiger partial charge is 0.480 e. The van der Waals surface area contributed by atoms with E-state index in [9.17, 15) is 19.2 Å². The SMILES string of the molecule is CC(C)(C)OC(=O)[C@H]1CCCN1C(=O)COc1cc2ccccc2cc1OCC(=O)N1CCC[C@@H]1C(=O)OC(C)(C)C. The van der Waals surface area contributed by atoms with E-state index in [2.05, 4.69) is 0 Å². The summed E-state index contributed by atoms with van der Waals surface area (Å²) in [6, 6.07) is 9.82. The molecule has 2 aromatic rings. The van der Waals surface area contributed by atoms with Crippen molar-refractivity contribution in [1.82, 2.24) is 9.80 Å². The van der Waals surface area contributed by atoms with Crippen LogP contribution in [0.4, 0.5) is 0 Å². The highest BCUT2D eigenvalue weighted by atomic mass is 16.6. The van der Waals surface area contributed by atoms with E-state index < -0.39 is 35.2 Å². The molecule has 0 bridgehead atoms. The van der Waals surface area contributed by atoms with Crippen LogP contribution in [0.3, 0.4) is 0 Å². The van der Waals surface area contributed by atoms with Crippen molar-refractivity contribution in [3.05, 3.63) is 36.4 Å². The van der Waals surface area contributed by atoms with Gasteiger partial charge in [0.15, 0.2) is 24.7 Å². The number of ether oxygens (including phenoxy) is 4. The first-order chi connectivity index (χ1) is 19.7. The number of benzene rings is 2. The van der Waals surface area contributed by atoms with Crippen molar-refractivity contribution in [1.29, 1.82) is 0 Å². The summed E-state index contributed by atoms with van der Waals surface area (Å²) >= 11 is 0. The Balaban J connectivity index is 1.45. The van der Waals surface area contributed by atoms with Gasteiger partial charge in [0.25, 0.3) is 11.8 Å². The van der Waals surface area contributed by atoms with Gasteiger partial charge in [0.1, 0.15) is 23.3 Å². The number of esters is 2. The van der Waals surface area contributed by atoms with Crippen molar-refractivity contribution in [2.75, 3.05) is 26.3 Å². The molecule has 42 heavy (non-hydrogen) atoms. The second-order valence-electron chi connectivity index (χ2n) is 12.8. The number of likely N-dealkylation sites (tertiary alicyclic amines) is 2. The summed E-state index contributed by atoms with van der Waals surface area (Å²) in [7, 11) is 0. The summed E-state index contributed by atoms with van der Waals surface area (Å²) in [5.41, 5.74) is -1.30. The summed E-state index contributed by atoms with van der Waals surface area (Å²) in [5.74, 6) is -0.922. The van der Waals surface area contributed by atoms with Crippen LogP contribution in [-0.2, 0) is 28.7 Å². The lowest BCUT2D eigenvalue weighted by molar-refractivity contribution is -0.164. The molecular formula is C32H42N2O8. The van der Waals surface area contributed by atoms with Gasteiger partial charge in [-0.05, 0) is 90.1 Å². The van der Waals surface area contributed by atoms with Crippen LogP contribution in [0.2, 0.25) is 0 Å². The van der Waals surface area contributed by atoms with Gasteiger partial charge in [0, 0.05) is 13.1 Å². The highest BCUT2D eigenvalue weighted by Crippen LogP contribution is 2.33. The zero-order valence-corrected chi connectivity index (χ0v) is 25.4. The quantitative estimate of drug-likeness (QED) is 0.425. The molecule has 0 aliphatic carbocycles. The lowest BCUT2D eigenvalue weighted by Crippen LogP contribution is -2.45. The van der Waals surface area contributed by atoms with Crippen LogP contribution in [0.25, 0.3) is 10.8 Å². The van der Waals surface area contributed by atoms with Crippen LogP contribution in [0, 0.1) is 0 Å². The molecule has 0 radical (unpaired) electrons. The number of carbonyl (C=O) groups is 4. The average Bonchev–Trinajstić information content (AvgIpc) is 3.59. The first kappa shape index (κ1) is 31.1. The maximum Gasteiger partial charge on any atom is 0.329 e. The van der Waals surface area contributed by atoms with E-state index in [0.29, 0.717) is 50.3 Å². The Bertz CT molecular complexity index is 1230. The molecule has 2 atom stereocenters. The Morgan fingerprint density at radius 3 is 1.43 bits per heavy atom. The van der Waals surface area contributed by atoms with Crippen molar-refractivity contribution >= 4 is 34.5 Å². The van der Waals surface area contributed by atoms with Gasteiger partial charge in [-0.2, -0.15) is 0 Å². The van der Waals surface area contributed by atoms with E-state index in [1.54, 1.807) is 53.7 Å². The number of hydrogen-bond acceptors (Lipinski definition) is 8. The van der Waals surface area contributed by atoms with Crippen molar-refractivity contribution in [3.63, 3.8) is 0 Å². The van der Waals surface area contributed by atoms with Gasteiger partial charge in [0.2, 0.25) is 0 Å². The number of hydrogen-bond donors (Lipinski definition) is 0. The molecule has 2 aliphatic rings. The predicted octanol–water partition coefficient (Wildman–Crippen LogP) is 4.26. The second kappa shape index (κ2) is 12.6. The molecule has 2 aromatic carbocycles. The fraction of sp³-hybridized carbons (Fsp3) is 0.562. The number of nitrogens with zero attached hydrogens (tertiary/aromatic N) is 2. The molecule has 0 saturated carbocycles. The molecule has 2 saturated heterocycles. The predicted molar refractivity (Wildman–Crippen MR) is 156 cm³/mol. The van der Waals surface area contributed by atoms with Gasteiger partial charge in [-0.15, -0.1) is 0 Å². The molecule has 2 fully saturated rings. The highest BCUT2D eigenvalue weighted by Gasteiger charge is 2.38. The van der Waals surface area contributed by atoms with Crippen molar-refractivity contribution in [2.24, 2.45) is 0 Å². The molecule has 0 unspecified atom stereocenters. The Morgan fingerprint density at radius 2 is 1.07 bits per heavy atom. The summed E-state index contributed by atoms with van der Waals surface area (Å²) in [6.45, 7) is 11.0. The first-order valence-corrected chi connectivity index (χ1v) is 14.5. The normalized spacial score (nSPS) is 19.1. The van der Waals surface area contributed by atoms with Gasteiger partial charge in [-0.1, -0.05) is 24.3 Å². The molecule has 2 amide bonds. The van der Waals surface area contributed by atoms with E-state index in [1.807, 2.05) is 24.3 Å². The molecular weight excluding hydrogens is 540 g/mol. The maximum absolute atomic E-state index is 13.2. The topological polar surface area (TPSA) is 112 Å². The zero-order chi connectivity index (χ0) is 30.7. The van der Waals surface area contributed by atoms with Gasteiger partial charge in [-0.3, -0.25) is 9.59 Å². The van der Waals surface area contributed by atoms with Gasteiger partial charge < -0.3 is 28.7 Å². The average molecular weight is 583 g/mol. The second-order valence-corrected chi connectivity index (χ2v) is 12.8.